The maximum atomic E-state index is 12.7. The average molecular weight is 315 g/mol. The number of hydrogen-bond donors (Lipinski definition) is 1. The van der Waals surface area contributed by atoms with Crippen LogP contribution in [-0.4, -0.2) is 50.1 Å². The van der Waals surface area contributed by atoms with E-state index in [1.807, 2.05) is 29.2 Å². The Morgan fingerprint density at radius 2 is 2.04 bits per heavy atom. The molecule has 0 radical (unpaired) electrons. The van der Waals surface area contributed by atoms with Gasteiger partial charge in [-0.1, -0.05) is 6.07 Å². The van der Waals surface area contributed by atoms with E-state index in [0.29, 0.717) is 0 Å². The smallest absolute Gasteiger partial charge is 0.254 e. The SMILES string of the molecule is COc1cccc(C(=O)N2CC[NH+]([C@H]3C[C@H]4CC[C@@H]3C4)CC2)c1. The van der Waals surface area contributed by atoms with Crippen molar-refractivity contribution < 1.29 is 14.4 Å². The number of ether oxygens (including phenoxy) is 1. The number of carbonyl (C=O) groups is 1. The quantitative estimate of drug-likeness (QED) is 0.910. The summed E-state index contributed by atoms with van der Waals surface area (Å²) in [5.41, 5.74) is 0.743. The van der Waals surface area contributed by atoms with Gasteiger partial charge in [-0.25, -0.2) is 0 Å². The largest absolute Gasteiger partial charge is 0.497 e. The molecule has 3 fully saturated rings. The Balaban J connectivity index is 1.36. The molecule has 1 amide bonds. The number of carbonyl (C=O) groups excluding carboxylic acids is 1. The Kier molecular flexibility index (Phi) is 4.02. The number of hydrogen-bond acceptors (Lipinski definition) is 2. The van der Waals surface area contributed by atoms with Crippen LogP contribution in [0, 0.1) is 11.8 Å². The molecule has 2 bridgehead atoms. The van der Waals surface area contributed by atoms with Crippen molar-refractivity contribution in [3.05, 3.63) is 29.8 Å². The van der Waals surface area contributed by atoms with Crippen LogP contribution in [0.4, 0.5) is 0 Å². The number of rotatable bonds is 3. The number of nitrogens with zero attached hydrogens (tertiary/aromatic N) is 1. The zero-order valence-corrected chi connectivity index (χ0v) is 14.0. The van der Waals surface area contributed by atoms with Gasteiger partial charge in [0.2, 0.25) is 0 Å². The molecule has 4 rings (SSSR count). The third-order valence-electron chi connectivity index (χ3n) is 6.27. The van der Waals surface area contributed by atoms with Crippen LogP contribution in [0.5, 0.6) is 5.75 Å². The lowest BCUT2D eigenvalue weighted by Crippen LogP contribution is -3.18. The van der Waals surface area contributed by atoms with E-state index in [0.717, 1.165) is 55.4 Å². The number of quaternary nitrogens is 1. The summed E-state index contributed by atoms with van der Waals surface area (Å²) in [5, 5.41) is 0. The van der Waals surface area contributed by atoms with E-state index in [-0.39, 0.29) is 5.91 Å². The maximum absolute atomic E-state index is 12.7. The van der Waals surface area contributed by atoms with E-state index in [1.54, 1.807) is 12.0 Å². The second-order valence-corrected chi connectivity index (χ2v) is 7.46. The summed E-state index contributed by atoms with van der Waals surface area (Å²) in [5.74, 6) is 2.88. The lowest BCUT2D eigenvalue weighted by molar-refractivity contribution is -0.932. The van der Waals surface area contributed by atoms with Crippen LogP contribution in [0.3, 0.4) is 0 Å². The third kappa shape index (κ3) is 2.85. The average Bonchev–Trinajstić information content (AvgIpc) is 3.24. The monoisotopic (exact) mass is 315 g/mol. The fourth-order valence-corrected chi connectivity index (χ4v) is 5.05. The number of benzene rings is 1. The number of nitrogens with one attached hydrogen (secondary N) is 1. The topological polar surface area (TPSA) is 34.0 Å². The summed E-state index contributed by atoms with van der Waals surface area (Å²) in [7, 11) is 1.64. The molecule has 1 aromatic rings. The van der Waals surface area contributed by atoms with Crippen molar-refractivity contribution >= 4 is 5.91 Å². The minimum absolute atomic E-state index is 0.149. The first kappa shape index (κ1) is 15.0. The molecule has 0 unspecified atom stereocenters. The van der Waals surface area contributed by atoms with Crippen LogP contribution in [-0.2, 0) is 0 Å². The minimum atomic E-state index is 0.149. The molecule has 2 aliphatic carbocycles. The van der Waals surface area contributed by atoms with Crippen LogP contribution in [0.25, 0.3) is 0 Å². The van der Waals surface area contributed by atoms with Gasteiger partial charge in [-0.2, -0.15) is 0 Å². The van der Waals surface area contributed by atoms with Gasteiger partial charge < -0.3 is 14.5 Å². The van der Waals surface area contributed by atoms with Gasteiger partial charge in [0.15, 0.2) is 0 Å². The molecule has 3 atom stereocenters. The fraction of sp³-hybridized carbons (Fsp3) is 0.632. The lowest BCUT2D eigenvalue weighted by atomic mass is 9.93. The molecule has 1 N–H and O–H groups in total. The number of methoxy groups -OCH3 is 1. The molecule has 1 aliphatic heterocycles. The highest BCUT2D eigenvalue weighted by Gasteiger charge is 2.45. The number of fused-ring (bicyclic) bond motifs is 2. The highest BCUT2D eigenvalue weighted by Crippen LogP contribution is 2.43. The van der Waals surface area contributed by atoms with Crippen molar-refractivity contribution in [2.75, 3.05) is 33.3 Å². The lowest BCUT2D eigenvalue weighted by Gasteiger charge is -2.38. The molecule has 1 aromatic carbocycles. The molecule has 0 aromatic heterocycles. The second kappa shape index (κ2) is 6.16. The molecule has 0 spiro atoms. The van der Waals surface area contributed by atoms with Gasteiger partial charge in [0, 0.05) is 17.9 Å². The van der Waals surface area contributed by atoms with Crippen LogP contribution in [0.15, 0.2) is 24.3 Å². The van der Waals surface area contributed by atoms with Crippen molar-refractivity contribution in [1.82, 2.24) is 4.90 Å². The van der Waals surface area contributed by atoms with E-state index in [4.69, 9.17) is 4.74 Å². The Morgan fingerprint density at radius 1 is 1.22 bits per heavy atom. The highest BCUT2D eigenvalue weighted by atomic mass is 16.5. The Labute approximate surface area is 138 Å². The van der Waals surface area contributed by atoms with Gasteiger partial charge in [0.1, 0.15) is 5.75 Å². The van der Waals surface area contributed by atoms with Crippen molar-refractivity contribution in [2.24, 2.45) is 11.8 Å². The molecule has 4 nitrogen and oxygen atoms in total. The molecular formula is C19H27N2O2+. The maximum Gasteiger partial charge on any atom is 0.254 e. The molecular weight excluding hydrogens is 288 g/mol. The second-order valence-electron chi connectivity index (χ2n) is 7.46. The summed E-state index contributed by atoms with van der Waals surface area (Å²) in [6.45, 7) is 4.01. The molecule has 23 heavy (non-hydrogen) atoms. The molecule has 4 heteroatoms. The van der Waals surface area contributed by atoms with Crippen LogP contribution < -0.4 is 9.64 Å². The van der Waals surface area contributed by atoms with Crippen molar-refractivity contribution in [1.29, 1.82) is 0 Å². The summed E-state index contributed by atoms with van der Waals surface area (Å²) in [6, 6.07) is 8.39. The predicted molar refractivity (Wildman–Crippen MR) is 88.8 cm³/mol. The Hall–Kier alpha value is -1.55. The van der Waals surface area contributed by atoms with Crippen molar-refractivity contribution in [3.63, 3.8) is 0 Å². The summed E-state index contributed by atoms with van der Waals surface area (Å²) >= 11 is 0. The number of amides is 1. The van der Waals surface area contributed by atoms with Crippen LogP contribution >= 0.6 is 0 Å². The minimum Gasteiger partial charge on any atom is -0.497 e. The third-order valence-corrected chi connectivity index (χ3v) is 6.27. The molecule has 1 saturated heterocycles. The molecule has 124 valence electrons. The van der Waals surface area contributed by atoms with Crippen LogP contribution in [0.1, 0.15) is 36.0 Å². The molecule has 1 heterocycles. The summed E-state index contributed by atoms with van der Waals surface area (Å²) in [6.07, 6.45) is 5.82. The van der Waals surface area contributed by atoms with Gasteiger partial charge in [-0.3, -0.25) is 4.79 Å². The predicted octanol–water partition coefficient (Wildman–Crippen LogP) is 1.22. The van der Waals surface area contributed by atoms with E-state index in [9.17, 15) is 4.79 Å². The van der Waals surface area contributed by atoms with E-state index in [2.05, 4.69) is 0 Å². The first-order valence-electron chi connectivity index (χ1n) is 9.02. The number of piperazine rings is 1. The Bertz CT molecular complexity index is 580. The van der Waals surface area contributed by atoms with Crippen LogP contribution in [0.2, 0.25) is 0 Å². The highest BCUT2D eigenvalue weighted by molar-refractivity contribution is 5.94. The first-order chi connectivity index (χ1) is 11.2. The standard InChI is InChI=1S/C19H26N2O2/c1-23-17-4-2-3-16(13-17)19(22)21-9-7-20(8-10-21)18-12-14-5-6-15(18)11-14/h2-4,13-15,18H,5-12H2,1H3/p+1/t14-,15+,18-/m0/s1. The zero-order valence-electron chi connectivity index (χ0n) is 14.0. The van der Waals surface area contributed by atoms with Gasteiger partial charge in [-0.05, 0) is 43.4 Å². The van der Waals surface area contributed by atoms with E-state index < -0.39 is 0 Å². The zero-order chi connectivity index (χ0) is 15.8. The normalized spacial score (nSPS) is 30.7. The Morgan fingerprint density at radius 3 is 2.70 bits per heavy atom. The summed E-state index contributed by atoms with van der Waals surface area (Å²) in [4.78, 5) is 16.5. The van der Waals surface area contributed by atoms with Gasteiger partial charge in [-0.15, -0.1) is 0 Å². The van der Waals surface area contributed by atoms with Crippen molar-refractivity contribution in [2.45, 2.75) is 31.7 Å². The molecule has 3 aliphatic rings. The van der Waals surface area contributed by atoms with Gasteiger partial charge in [0.05, 0.1) is 39.3 Å². The first-order valence-corrected chi connectivity index (χ1v) is 9.02. The van der Waals surface area contributed by atoms with E-state index in [1.165, 1.54) is 25.7 Å². The fourth-order valence-electron chi connectivity index (χ4n) is 5.05. The molecule has 2 saturated carbocycles. The van der Waals surface area contributed by atoms with Crippen molar-refractivity contribution in [3.8, 4) is 5.75 Å². The van der Waals surface area contributed by atoms with Gasteiger partial charge in [0.25, 0.3) is 5.91 Å². The van der Waals surface area contributed by atoms with E-state index >= 15 is 0 Å². The summed E-state index contributed by atoms with van der Waals surface area (Å²) < 4.78 is 5.23. The van der Waals surface area contributed by atoms with Gasteiger partial charge >= 0.3 is 0 Å².